The number of carbonyl (C=O) groups is 4. The quantitative estimate of drug-likeness (QED) is 0.0653. The topological polar surface area (TPSA) is 200 Å². The lowest BCUT2D eigenvalue weighted by Gasteiger charge is -2.21. The van der Waals surface area contributed by atoms with E-state index in [9.17, 15) is 28.8 Å². The second-order valence-corrected chi connectivity index (χ2v) is 16.6. The van der Waals surface area contributed by atoms with Crippen molar-refractivity contribution < 1.29 is 47.2 Å². The van der Waals surface area contributed by atoms with Gasteiger partial charge in [0.1, 0.15) is 30.1 Å². The lowest BCUT2D eigenvalue weighted by atomic mass is 10.0. The summed E-state index contributed by atoms with van der Waals surface area (Å²) in [6.45, 7) is 4.65. The first kappa shape index (κ1) is 44.2. The molecule has 0 radical (unpaired) electrons. The average Bonchev–Trinajstić information content (AvgIpc) is 4.04. The van der Waals surface area contributed by atoms with Gasteiger partial charge in [-0.25, -0.2) is 23.8 Å². The van der Waals surface area contributed by atoms with E-state index in [2.05, 4.69) is 20.7 Å². The van der Waals surface area contributed by atoms with Gasteiger partial charge in [0.2, 0.25) is 0 Å². The molecule has 0 spiro atoms. The van der Waals surface area contributed by atoms with Gasteiger partial charge < -0.3 is 25.0 Å². The van der Waals surface area contributed by atoms with Gasteiger partial charge in [0.15, 0.2) is 5.82 Å². The molecule has 1 atom stereocenters. The highest BCUT2D eigenvalue weighted by atomic mass is 31.2. The summed E-state index contributed by atoms with van der Waals surface area (Å²) in [6, 6.07) is 29.5. The van der Waals surface area contributed by atoms with Gasteiger partial charge in [-0.05, 0) is 85.2 Å². The standard InChI is InChI=1S/C46H47N6O10P/c1-4-23-51(44(54)38-25-52-41(31(38)3)42(47-29-48-52)50-40-24-35(16-15-30(40)2)43(53)49-36-19-20-36)46(57)59-28-39(45(55)56)34-17-21-37(22-18-34)62-63(58,60-26-32-11-7-5-8-12-32)61-27-33-13-9-6-10-14-33/h5-18,21-22,24-25,29,36,39H,4,19-20,23,26-28H2,1-3H3,(H,49,53)(H,55,56)(H,47,48,50). The third-order valence-corrected chi connectivity index (χ3v) is 11.6. The van der Waals surface area contributed by atoms with Crippen LogP contribution in [0.2, 0.25) is 0 Å². The van der Waals surface area contributed by atoms with Gasteiger partial charge in [-0.2, -0.15) is 5.10 Å². The number of rotatable bonds is 19. The van der Waals surface area contributed by atoms with E-state index < -0.39 is 38.3 Å². The fourth-order valence-electron chi connectivity index (χ4n) is 6.61. The number of phosphoric ester groups is 1. The largest absolute Gasteiger partial charge is 0.530 e. The summed E-state index contributed by atoms with van der Waals surface area (Å²) in [7, 11) is -4.20. The van der Waals surface area contributed by atoms with E-state index in [1.807, 2.05) is 73.7 Å². The Hall–Kier alpha value is -6.87. The Morgan fingerprint density at radius 3 is 2.16 bits per heavy atom. The first-order chi connectivity index (χ1) is 30.4. The molecule has 6 aromatic rings. The van der Waals surface area contributed by atoms with Crippen LogP contribution in [0.25, 0.3) is 5.52 Å². The third kappa shape index (κ3) is 11.2. The second kappa shape index (κ2) is 19.9. The van der Waals surface area contributed by atoms with Crippen LogP contribution in [0, 0.1) is 13.8 Å². The Labute approximate surface area is 363 Å². The maximum Gasteiger partial charge on any atom is 0.530 e. The monoisotopic (exact) mass is 874 g/mol. The number of carboxylic acids is 1. The smallest absolute Gasteiger partial charge is 0.481 e. The molecule has 3 amide bonds. The summed E-state index contributed by atoms with van der Waals surface area (Å²) in [5.41, 5.74) is 4.83. The number of ether oxygens (including phenoxy) is 1. The molecule has 1 unspecified atom stereocenters. The summed E-state index contributed by atoms with van der Waals surface area (Å²) in [5.74, 6) is -3.00. The van der Waals surface area contributed by atoms with E-state index in [0.717, 1.165) is 34.4 Å². The number of nitrogens with zero attached hydrogens (tertiary/aromatic N) is 4. The minimum atomic E-state index is -4.20. The lowest BCUT2D eigenvalue weighted by Crippen LogP contribution is -2.39. The predicted molar refractivity (Wildman–Crippen MR) is 233 cm³/mol. The minimum absolute atomic E-state index is 0.0164. The van der Waals surface area contributed by atoms with Crippen molar-refractivity contribution >= 4 is 48.7 Å². The summed E-state index contributed by atoms with van der Waals surface area (Å²) < 4.78 is 38.0. The normalized spacial score (nSPS) is 12.9. The van der Waals surface area contributed by atoms with Gasteiger partial charge >= 0.3 is 19.9 Å². The number of carboxylic acid groups (broad SMARTS) is 1. The van der Waals surface area contributed by atoms with Crippen molar-refractivity contribution in [1.29, 1.82) is 0 Å². The first-order valence-corrected chi connectivity index (χ1v) is 21.9. The molecular weight excluding hydrogens is 828 g/mol. The summed E-state index contributed by atoms with van der Waals surface area (Å²) in [6.07, 6.45) is 4.10. The fourth-order valence-corrected chi connectivity index (χ4v) is 7.79. The highest BCUT2D eigenvalue weighted by molar-refractivity contribution is 7.48. The van der Waals surface area contributed by atoms with Gasteiger partial charge in [0.25, 0.3) is 11.8 Å². The Kier molecular flexibility index (Phi) is 13.9. The number of nitrogens with one attached hydrogen (secondary N) is 2. The molecule has 4 aromatic carbocycles. The predicted octanol–water partition coefficient (Wildman–Crippen LogP) is 8.76. The molecule has 326 valence electrons. The molecule has 0 bridgehead atoms. The van der Waals surface area contributed by atoms with Gasteiger partial charge in [0.05, 0.1) is 18.8 Å². The van der Waals surface area contributed by atoms with Crippen LogP contribution < -0.4 is 15.2 Å². The third-order valence-electron chi connectivity index (χ3n) is 10.3. The van der Waals surface area contributed by atoms with Crippen LogP contribution in [-0.2, 0) is 36.4 Å². The SMILES string of the molecule is CCCN(C(=O)OCC(C(=O)O)c1ccc(OP(=O)(OCc2ccccc2)OCc2ccccc2)cc1)C(=O)c1cn2ncnc(Nc3cc(C(=O)NC4CC4)ccc3C)c2c1C. The number of hydrogen-bond acceptors (Lipinski definition) is 12. The zero-order valence-electron chi connectivity index (χ0n) is 34.9. The van der Waals surface area contributed by atoms with Crippen LogP contribution >= 0.6 is 7.82 Å². The van der Waals surface area contributed by atoms with E-state index >= 15 is 0 Å². The molecule has 2 aromatic heterocycles. The van der Waals surface area contributed by atoms with Crippen LogP contribution in [0.4, 0.5) is 16.3 Å². The molecular formula is C46H47N6O10P. The molecule has 16 nitrogen and oxygen atoms in total. The Balaban J connectivity index is 1.03. The van der Waals surface area contributed by atoms with Crippen LogP contribution in [0.3, 0.4) is 0 Å². The molecule has 1 fully saturated rings. The zero-order chi connectivity index (χ0) is 44.5. The lowest BCUT2D eigenvalue weighted by molar-refractivity contribution is -0.139. The minimum Gasteiger partial charge on any atom is -0.481 e. The highest BCUT2D eigenvalue weighted by Crippen LogP contribution is 2.51. The van der Waals surface area contributed by atoms with E-state index in [0.29, 0.717) is 34.6 Å². The number of aliphatic carboxylic acids is 1. The highest BCUT2D eigenvalue weighted by Gasteiger charge is 2.32. The molecule has 63 heavy (non-hydrogen) atoms. The van der Waals surface area contributed by atoms with E-state index in [1.165, 1.54) is 41.3 Å². The van der Waals surface area contributed by atoms with Crippen molar-refractivity contribution in [1.82, 2.24) is 24.8 Å². The summed E-state index contributed by atoms with van der Waals surface area (Å²) >= 11 is 0. The molecule has 3 N–H and O–H groups in total. The number of anilines is 2. The van der Waals surface area contributed by atoms with Gasteiger partial charge in [-0.15, -0.1) is 0 Å². The van der Waals surface area contributed by atoms with Gasteiger partial charge in [-0.1, -0.05) is 85.8 Å². The molecule has 1 aliphatic carbocycles. The van der Waals surface area contributed by atoms with Crippen molar-refractivity contribution in [2.24, 2.45) is 0 Å². The van der Waals surface area contributed by atoms with E-state index in [4.69, 9.17) is 18.3 Å². The molecule has 1 aliphatic rings. The van der Waals surface area contributed by atoms with Crippen LogP contribution in [0.15, 0.2) is 116 Å². The molecule has 17 heteroatoms. The van der Waals surface area contributed by atoms with Gasteiger partial charge in [-0.3, -0.25) is 23.4 Å². The number of aromatic nitrogens is 3. The first-order valence-electron chi connectivity index (χ1n) is 20.4. The zero-order valence-corrected chi connectivity index (χ0v) is 35.8. The van der Waals surface area contributed by atoms with E-state index in [1.54, 1.807) is 26.0 Å². The Morgan fingerprint density at radius 1 is 0.905 bits per heavy atom. The van der Waals surface area contributed by atoms with Crippen molar-refractivity contribution in [3.8, 4) is 5.75 Å². The van der Waals surface area contributed by atoms with Crippen LogP contribution in [-0.4, -0.2) is 67.7 Å². The number of amides is 3. The number of hydrogen-bond donors (Lipinski definition) is 3. The molecule has 2 heterocycles. The van der Waals surface area contributed by atoms with Gasteiger partial charge in [0, 0.05) is 30.0 Å². The maximum atomic E-state index is 14.1. The van der Waals surface area contributed by atoms with Crippen molar-refractivity contribution in [3.63, 3.8) is 0 Å². The Morgan fingerprint density at radius 2 is 1.56 bits per heavy atom. The van der Waals surface area contributed by atoms with E-state index in [-0.39, 0.29) is 48.6 Å². The molecule has 7 rings (SSSR count). The van der Waals surface area contributed by atoms with Crippen LogP contribution in [0.1, 0.15) is 80.6 Å². The van der Waals surface area contributed by atoms with Crippen molar-refractivity contribution in [3.05, 3.63) is 155 Å². The summed E-state index contributed by atoms with van der Waals surface area (Å²) in [5, 5.41) is 20.8. The number of imide groups is 1. The van der Waals surface area contributed by atoms with Crippen molar-refractivity contribution in [2.45, 2.75) is 65.2 Å². The number of benzene rings is 4. The number of aryl methyl sites for hydroxylation is 2. The molecule has 0 saturated heterocycles. The maximum absolute atomic E-state index is 14.1. The number of carbonyl (C=O) groups excluding carboxylic acids is 3. The fraction of sp³-hybridized carbons (Fsp3) is 0.261. The molecule has 0 aliphatic heterocycles. The average molecular weight is 875 g/mol. The second-order valence-electron chi connectivity index (χ2n) is 15.0. The number of fused-ring (bicyclic) bond motifs is 1. The van der Waals surface area contributed by atoms with Crippen molar-refractivity contribution in [2.75, 3.05) is 18.5 Å². The van der Waals surface area contributed by atoms with Crippen LogP contribution in [0.5, 0.6) is 5.75 Å². The molecule has 1 saturated carbocycles. The number of phosphoric acid groups is 1. The Bertz CT molecular complexity index is 2590. The summed E-state index contributed by atoms with van der Waals surface area (Å²) in [4.78, 5) is 58.3.